The largest absolute Gasteiger partial charge is 0.481 e. The Kier molecular flexibility index (Phi) is 5.27. The summed E-state index contributed by atoms with van der Waals surface area (Å²) in [6.07, 6.45) is 0.331. The second-order valence-electron chi connectivity index (χ2n) is 3.94. The van der Waals surface area contributed by atoms with Crippen molar-refractivity contribution in [1.29, 1.82) is 0 Å². The summed E-state index contributed by atoms with van der Waals surface area (Å²) in [5.74, 6) is -2.36. The molecule has 0 saturated heterocycles. The van der Waals surface area contributed by atoms with E-state index in [1.54, 1.807) is 6.92 Å². The van der Waals surface area contributed by atoms with Gasteiger partial charge in [-0.15, -0.1) is 0 Å². The van der Waals surface area contributed by atoms with Crippen molar-refractivity contribution in [3.05, 3.63) is 34.1 Å². The number of hydrogen-bond acceptors (Lipinski definition) is 2. The minimum atomic E-state index is -0.905. The fraction of sp³-hybridized carbons (Fsp3) is 0.333. The Morgan fingerprint density at radius 2 is 2.11 bits per heavy atom. The molecule has 98 valence electrons. The average Bonchev–Trinajstić information content (AvgIpc) is 2.27. The Morgan fingerprint density at radius 3 is 2.67 bits per heavy atom. The zero-order valence-corrected chi connectivity index (χ0v) is 11.3. The number of carbonyl (C=O) groups excluding carboxylic acids is 1. The lowest BCUT2D eigenvalue weighted by molar-refractivity contribution is -0.141. The van der Waals surface area contributed by atoms with Gasteiger partial charge in [-0.2, -0.15) is 0 Å². The molecule has 6 heteroatoms. The monoisotopic (exact) mass is 317 g/mol. The van der Waals surface area contributed by atoms with Crippen LogP contribution in [0, 0.1) is 11.7 Å². The fourth-order valence-electron chi connectivity index (χ4n) is 1.31. The number of hydrogen-bond donors (Lipinski definition) is 2. The van der Waals surface area contributed by atoms with Gasteiger partial charge in [0.15, 0.2) is 0 Å². The molecule has 0 heterocycles. The van der Waals surface area contributed by atoms with Gasteiger partial charge in [0.2, 0.25) is 0 Å². The van der Waals surface area contributed by atoms with E-state index in [4.69, 9.17) is 5.11 Å². The van der Waals surface area contributed by atoms with E-state index in [-0.39, 0.29) is 12.1 Å². The van der Waals surface area contributed by atoms with E-state index in [0.29, 0.717) is 10.9 Å². The van der Waals surface area contributed by atoms with Gasteiger partial charge in [0.05, 0.1) is 5.92 Å². The van der Waals surface area contributed by atoms with Crippen molar-refractivity contribution in [2.75, 3.05) is 6.54 Å². The van der Waals surface area contributed by atoms with E-state index in [1.807, 2.05) is 0 Å². The number of aliphatic carboxylic acids is 1. The van der Waals surface area contributed by atoms with Crippen molar-refractivity contribution in [2.45, 2.75) is 13.3 Å². The van der Waals surface area contributed by atoms with Gasteiger partial charge in [-0.1, -0.05) is 22.9 Å². The summed E-state index contributed by atoms with van der Waals surface area (Å²) in [4.78, 5) is 22.2. The van der Waals surface area contributed by atoms with E-state index >= 15 is 0 Å². The maximum atomic E-state index is 13.1. The maximum Gasteiger partial charge on any atom is 0.306 e. The molecule has 0 fully saturated rings. The van der Waals surface area contributed by atoms with Crippen LogP contribution in [-0.2, 0) is 4.79 Å². The minimum Gasteiger partial charge on any atom is -0.481 e. The molecule has 1 amide bonds. The maximum absolute atomic E-state index is 13.1. The number of benzene rings is 1. The van der Waals surface area contributed by atoms with Crippen LogP contribution in [-0.4, -0.2) is 23.5 Å². The number of carboxylic acids is 1. The van der Waals surface area contributed by atoms with Crippen LogP contribution in [0.5, 0.6) is 0 Å². The third-order valence-electron chi connectivity index (χ3n) is 2.41. The Hall–Kier alpha value is -1.43. The molecule has 1 unspecified atom stereocenters. The molecule has 0 aromatic heterocycles. The first-order valence-corrected chi connectivity index (χ1v) is 6.16. The SMILES string of the molecule is CC(CCNC(=O)c1cc(F)cc(Br)c1)C(=O)O. The highest BCUT2D eigenvalue weighted by atomic mass is 79.9. The summed E-state index contributed by atoms with van der Waals surface area (Å²) in [7, 11) is 0. The summed E-state index contributed by atoms with van der Waals surface area (Å²) < 4.78 is 13.5. The van der Waals surface area contributed by atoms with Crippen LogP contribution in [0.15, 0.2) is 22.7 Å². The average molecular weight is 318 g/mol. The summed E-state index contributed by atoms with van der Waals surface area (Å²) in [6.45, 7) is 1.80. The Balaban J connectivity index is 2.53. The third-order valence-corrected chi connectivity index (χ3v) is 2.87. The highest BCUT2D eigenvalue weighted by molar-refractivity contribution is 9.10. The van der Waals surface area contributed by atoms with Crippen molar-refractivity contribution >= 4 is 27.8 Å². The first kappa shape index (κ1) is 14.6. The number of amides is 1. The summed E-state index contributed by atoms with van der Waals surface area (Å²) in [5.41, 5.74) is 0.199. The lowest BCUT2D eigenvalue weighted by Crippen LogP contribution is -2.27. The van der Waals surface area contributed by atoms with Gasteiger partial charge in [0.25, 0.3) is 5.91 Å². The van der Waals surface area contributed by atoms with Crippen molar-refractivity contribution < 1.29 is 19.1 Å². The van der Waals surface area contributed by atoms with Crippen LogP contribution in [0.2, 0.25) is 0 Å². The first-order valence-electron chi connectivity index (χ1n) is 5.37. The van der Waals surface area contributed by atoms with Crippen molar-refractivity contribution in [3.8, 4) is 0 Å². The number of nitrogens with one attached hydrogen (secondary N) is 1. The minimum absolute atomic E-state index is 0.199. The molecule has 0 bridgehead atoms. The summed E-state index contributed by atoms with van der Waals surface area (Å²) >= 11 is 3.09. The van der Waals surface area contributed by atoms with Crippen LogP contribution in [0.3, 0.4) is 0 Å². The van der Waals surface area contributed by atoms with Gasteiger partial charge in [-0.05, 0) is 24.6 Å². The molecule has 1 aromatic rings. The van der Waals surface area contributed by atoms with Crippen LogP contribution >= 0.6 is 15.9 Å². The highest BCUT2D eigenvalue weighted by Crippen LogP contribution is 2.14. The molecule has 0 radical (unpaired) electrons. The summed E-state index contributed by atoms with van der Waals surface area (Å²) in [5, 5.41) is 11.2. The number of halogens is 2. The molecule has 0 aliphatic carbocycles. The number of carboxylic acid groups (broad SMARTS) is 1. The van der Waals surface area contributed by atoms with Crippen LogP contribution in [0.25, 0.3) is 0 Å². The summed E-state index contributed by atoms with van der Waals surface area (Å²) in [6, 6.07) is 3.88. The molecule has 0 aliphatic rings. The van der Waals surface area contributed by atoms with E-state index < -0.39 is 23.6 Å². The van der Waals surface area contributed by atoms with Gasteiger partial charge in [-0.3, -0.25) is 9.59 Å². The third kappa shape index (κ3) is 4.44. The van der Waals surface area contributed by atoms with Gasteiger partial charge in [0.1, 0.15) is 5.82 Å². The van der Waals surface area contributed by atoms with Gasteiger partial charge >= 0.3 is 5.97 Å². The zero-order valence-electron chi connectivity index (χ0n) is 9.74. The van der Waals surface area contributed by atoms with Crippen LogP contribution in [0.1, 0.15) is 23.7 Å². The molecule has 1 rings (SSSR count). The van der Waals surface area contributed by atoms with Crippen LogP contribution in [0.4, 0.5) is 4.39 Å². The smallest absolute Gasteiger partial charge is 0.306 e. The van der Waals surface area contributed by atoms with Gasteiger partial charge in [-0.25, -0.2) is 4.39 Å². The molecule has 1 aromatic carbocycles. The predicted octanol–water partition coefficient (Wildman–Crippen LogP) is 2.43. The Morgan fingerprint density at radius 1 is 1.44 bits per heavy atom. The van der Waals surface area contributed by atoms with Crippen molar-refractivity contribution in [3.63, 3.8) is 0 Å². The topological polar surface area (TPSA) is 66.4 Å². The molecule has 0 spiro atoms. The predicted molar refractivity (Wildman–Crippen MR) is 67.9 cm³/mol. The second kappa shape index (κ2) is 6.49. The standard InChI is InChI=1S/C12H13BrFNO3/c1-7(12(17)18)2-3-15-11(16)8-4-9(13)6-10(14)5-8/h4-7H,2-3H2,1H3,(H,15,16)(H,17,18). The van der Waals surface area contributed by atoms with E-state index in [2.05, 4.69) is 21.2 Å². The molecular formula is C12H13BrFNO3. The molecule has 0 aliphatic heterocycles. The van der Waals surface area contributed by atoms with Gasteiger partial charge < -0.3 is 10.4 Å². The first-order chi connectivity index (χ1) is 8.40. The Bertz CT molecular complexity index is 444. The molecule has 1 atom stereocenters. The highest BCUT2D eigenvalue weighted by Gasteiger charge is 2.12. The number of rotatable bonds is 5. The van der Waals surface area contributed by atoms with Crippen LogP contribution < -0.4 is 5.32 Å². The second-order valence-corrected chi connectivity index (χ2v) is 4.86. The normalized spacial score (nSPS) is 11.9. The molecule has 2 N–H and O–H groups in total. The Labute approximate surface area is 112 Å². The van der Waals surface area contributed by atoms with E-state index in [1.165, 1.54) is 12.1 Å². The lowest BCUT2D eigenvalue weighted by Gasteiger charge is -2.08. The molecule has 4 nitrogen and oxygen atoms in total. The zero-order chi connectivity index (χ0) is 13.7. The van der Waals surface area contributed by atoms with E-state index in [0.717, 1.165) is 6.07 Å². The quantitative estimate of drug-likeness (QED) is 0.876. The number of carbonyl (C=O) groups is 2. The molecular weight excluding hydrogens is 305 g/mol. The lowest BCUT2D eigenvalue weighted by atomic mass is 10.1. The van der Waals surface area contributed by atoms with Gasteiger partial charge in [0, 0.05) is 16.6 Å². The molecule has 18 heavy (non-hydrogen) atoms. The van der Waals surface area contributed by atoms with Crippen molar-refractivity contribution in [2.24, 2.45) is 5.92 Å². The van der Waals surface area contributed by atoms with Crippen molar-refractivity contribution in [1.82, 2.24) is 5.32 Å². The van der Waals surface area contributed by atoms with E-state index in [9.17, 15) is 14.0 Å². The fourth-order valence-corrected chi connectivity index (χ4v) is 1.78. The molecule has 0 saturated carbocycles.